The van der Waals surface area contributed by atoms with Gasteiger partial charge in [-0.2, -0.15) is 0 Å². The van der Waals surface area contributed by atoms with Gasteiger partial charge in [-0.15, -0.1) is 0 Å². The van der Waals surface area contributed by atoms with Gasteiger partial charge in [-0.05, 0) is 48.4 Å². The van der Waals surface area contributed by atoms with Gasteiger partial charge in [0, 0.05) is 24.8 Å². The van der Waals surface area contributed by atoms with Gasteiger partial charge in [0.1, 0.15) is 0 Å². The second-order valence-electron chi connectivity index (χ2n) is 6.56. The van der Waals surface area contributed by atoms with Crippen molar-refractivity contribution in [3.63, 3.8) is 0 Å². The van der Waals surface area contributed by atoms with Crippen LogP contribution in [0.3, 0.4) is 0 Å². The van der Waals surface area contributed by atoms with E-state index in [1.54, 1.807) is 0 Å². The number of nitrogens with one attached hydrogen (secondary N) is 1. The molecular weight excluding hydrogens is 282 g/mol. The minimum atomic E-state index is 0.480. The fraction of sp³-hybridized carbons (Fsp3) is 0.667. The molecule has 0 aliphatic carbocycles. The summed E-state index contributed by atoms with van der Waals surface area (Å²) >= 11 is 5.98. The topological polar surface area (TPSA) is 21.3 Å². The average Bonchev–Trinajstić information content (AvgIpc) is 2.42. The van der Waals surface area contributed by atoms with Gasteiger partial charge in [0.2, 0.25) is 0 Å². The summed E-state index contributed by atoms with van der Waals surface area (Å²) in [5.41, 5.74) is 1.34. The van der Waals surface area contributed by atoms with Crippen molar-refractivity contribution in [3.8, 4) is 0 Å². The molecule has 1 aromatic carbocycles. The molecule has 0 bridgehead atoms. The Hall–Kier alpha value is -0.570. The Bertz CT molecular complexity index is 375. The Kier molecular flexibility index (Phi) is 8.98. The summed E-state index contributed by atoms with van der Waals surface area (Å²) in [5.74, 6) is 1.75. The summed E-state index contributed by atoms with van der Waals surface area (Å²) in [4.78, 5) is 0. The lowest BCUT2D eigenvalue weighted by molar-refractivity contribution is 0.103. The number of halogens is 1. The molecule has 1 atom stereocenters. The van der Waals surface area contributed by atoms with Crippen molar-refractivity contribution in [3.05, 3.63) is 34.9 Å². The quantitative estimate of drug-likeness (QED) is 0.631. The van der Waals surface area contributed by atoms with Crippen LogP contribution in [-0.2, 0) is 4.74 Å². The molecule has 1 unspecified atom stereocenters. The summed E-state index contributed by atoms with van der Waals surface area (Å²) in [6, 6.07) is 8.21. The first kappa shape index (κ1) is 18.5. The lowest BCUT2D eigenvalue weighted by Gasteiger charge is -2.19. The molecular formula is C18H30ClNO. The van der Waals surface area contributed by atoms with Gasteiger partial charge in [-0.1, -0.05) is 51.4 Å². The van der Waals surface area contributed by atoms with Gasteiger partial charge in [-0.3, -0.25) is 0 Å². The van der Waals surface area contributed by atoms with Crippen molar-refractivity contribution in [1.82, 2.24) is 5.32 Å². The first-order valence-corrected chi connectivity index (χ1v) is 8.40. The second kappa shape index (κ2) is 10.2. The maximum atomic E-state index is 5.98. The van der Waals surface area contributed by atoms with Crippen molar-refractivity contribution < 1.29 is 4.74 Å². The highest BCUT2D eigenvalue weighted by molar-refractivity contribution is 6.30. The number of hydrogen-bond donors (Lipinski definition) is 1. The van der Waals surface area contributed by atoms with Crippen molar-refractivity contribution in [1.29, 1.82) is 0 Å². The zero-order chi connectivity index (χ0) is 15.7. The molecule has 21 heavy (non-hydrogen) atoms. The van der Waals surface area contributed by atoms with Gasteiger partial charge in [-0.25, -0.2) is 0 Å². The van der Waals surface area contributed by atoms with Crippen LogP contribution in [0.5, 0.6) is 0 Å². The van der Waals surface area contributed by atoms with Crippen LogP contribution in [0, 0.1) is 11.8 Å². The summed E-state index contributed by atoms with van der Waals surface area (Å²) in [6.07, 6.45) is 1.04. The molecule has 0 amide bonds. The molecule has 0 spiro atoms. The molecule has 120 valence electrons. The third kappa shape index (κ3) is 8.45. The van der Waals surface area contributed by atoms with Crippen molar-refractivity contribution in [2.45, 2.75) is 40.0 Å². The normalized spacial score (nSPS) is 13.1. The standard InChI is InChI=1S/C18H30ClNO/c1-14(2)11-20-12-17(9-10-21-13-15(3)4)16-5-7-18(19)8-6-16/h5-8,14-15,17,20H,9-13H2,1-4H3. The summed E-state index contributed by atoms with van der Waals surface area (Å²) < 4.78 is 5.74. The second-order valence-corrected chi connectivity index (χ2v) is 6.99. The Morgan fingerprint density at radius 2 is 1.67 bits per heavy atom. The van der Waals surface area contributed by atoms with E-state index in [1.807, 2.05) is 12.1 Å². The van der Waals surface area contributed by atoms with E-state index in [9.17, 15) is 0 Å². The van der Waals surface area contributed by atoms with Gasteiger partial charge in [0.15, 0.2) is 0 Å². The molecule has 1 N–H and O–H groups in total. The van der Waals surface area contributed by atoms with E-state index >= 15 is 0 Å². The molecule has 1 aromatic rings. The van der Waals surface area contributed by atoms with Crippen LogP contribution in [0.4, 0.5) is 0 Å². The maximum Gasteiger partial charge on any atom is 0.0488 e. The molecule has 2 nitrogen and oxygen atoms in total. The van der Waals surface area contributed by atoms with E-state index < -0.39 is 0 Å². The molecule has 0 heterocycles. The number of benzene rings is 1. The number of rotatable bonds is 10. The SMILES string of the molecule is CC(C)CNCC(CCOCC(C)C)c1ccc(Cl)cc1. The van der Waals surface area contributed by atoms with Crippen molar-refractivity contribution >= 4 is 11.6 Å². The predicted molar refractivity (Wildman–Crippen MR) is 92.2 cm³/mol. The summed E-state index contributed by atoms with van der Waals surface area (Å²) in [5, 5.41) is 4.35. The molecule has 0 aliphatic rings. The molecule has 1 rings (SSSR count). The Morgan fingerprint density at radius 1 is 1.00 bits per heavy atom. The highest BCUT2D eigenvalue weighted by Crippen LogP contribution is 2.21. The average molecular weight is 312 g/mol. The summed E-state index contributed by atoms with van der Waals surface area (Å²) in [6.45, 7) is 12.5. The van der Waals surface area contributed by atoms with Crippen LogP contribution in [0.15, 0.2) is 24.3 Å². The smallest absolute Gasteiger partial charge is 0.0488 e. The van der Waals surface area contributed by atoms with E-state index in [4.69, 9.17) is 16.3 Å². The lowest BCUT2D eigenvalue weighted by atomic mass is 9.96. The van der Waals surface area contributed by atoms with Crippen LogP contribution < -0.4 is 5.32 Å². The van der Waals surface area contributed by atoms with Gasteiger partial charge < -0.3 is 10.1 Å². The van der Waals surface area contributed by atoms with Crippen molar-refractivity contribution in [2.24, 2.45) is 11.8 Å². The highest BCUT2D eigenvalue weighted by Gasteiger charge is 2.12. The molecule has 0 saturated carbocycles. The molecule has 0 saturated heterocycles. The fourth-order valence-electron chi connectivity index (χ4n) is 2.21. The largest absolute Gasteiger partial charge is 0.381 e. The third-order valence-electron chi connectivity index (χ3n) is 3.35. The third-order valence-corrected chi connectivity index (χ3v) is 3.60. The Morgan fingerprint density at radius 3 is 2.24 bits per heavy atom. The predicted octanol–water partition coefficient (Wildman–Crippen LogP) is 4.73. The van der Waals surface area contributed by atoms with E-state index in [2.05, 4.69) is 45.1 Å². The van der Waals surface area contributed by atoms with Crippen LogP contribution in [0.2, 0.25) is 5.02 Å². The number of ether oxygens (including phenoxy) is 1. The molecule has 0 aromatic heterocycles. The van der Waals surface area contributed by atoms with Crippen LogP contribution in [-0.4, -0.2) is 26.3 Å². The van der Waals surface area contributed by atoms with E-state index in [1.165, 1.54) is 5.56 Å². The molecule has 0 aliphatic heterocycles. The van der Waals surface area contributed by atoms with E-state index in [0.717, 1.165) is 37.7 Å². The zero-order valence-corrected chi connectivity index (χ0v) is 14.6. The monoisotopic (exact) mass is 311 g/mol. The highest BCUT2D eigenvalue weighted by atomic mass is 35.5. The Balaban J connectivity index is 2.50. The summed E-state index contributed by atoms with van der Waals surface area (Å²) in [7, 11) is 0. The lowest BCUT2D eigenvalue weighted by Crippen LogP contribution is -2.26. The van der Waals surface area contributed by atoms with E-state index in [0.29, 0.717) is 17.8 Å². The van der Waals surface area contributed by atoms with Crippen LogP contribution in [0.1, 0.15) is 45.6 Å². The van der Waals surface area contributed by atoms with Gasteiger partial charge in [0.05, 0.1) is 0 Å². The Labute approximate surface area is 135 Å². The molecule has 0 fully saturated rings. The minimum absolute atomic E-state index is 0.480. The van der Waals surface area contributed by atoms with Crippen LogP contribution >= 0.6 is 11.6 Å². The van der Waals surface area contributed by atoms with Crippen molar-refractivity contribution in [2.75, 3.05) is 26.3 Å². The first-order chi connectivity index (χ1) is 9.99. The fourth-order valence-corrected chi connectivity index (χ4v) is 2.34. The maximum absolute atomic E-state index is 5.98. The van der Waals surface area contributed by atoms with Gasteiger partial charge in [0.25, 0.3) is 0 Å². The van der Waals surface area contributed by atoms with E-state index in [-0.39, 0.29) is 0 Å². The molecule has 3 heteroatoms. The zero-order valence-electron chi connectivity index (χ0n) is 13.9. The van der Waals surface area contributed by atoms with Gasteiger partial charge >= 0.3 is 0 Å². The molecule has 0 radical (unpaired) electrons. The first-order valence-electron chi connectivity index (χ1n) is 8.03. The van der Waals surface area contributed by atoms with Crippen LogP contribution in [0.25, 0.3) is 0 Å². The number of hydrogen-bond acceptors (Lipinski definition) is 2. The minimum Gasteiger partial charge on any atom is -0.381 e.